The summed E-state index contributed by atoms with van der Waals surface area (Å²) in [5, 5.41) is 3.46. The minimum atomic E-state index is 0.00366. The van der Waals surface area contributed by atoms with Gasteiger partial charge in [0.25, 0.3) is 5.91 Å². The Hall–Kier alpha value is -1.71. The summed E-state index contributed by atoms with van der Waals surface area (Å²) in [5.74, 6) is 0.765. The molecule has 1 aromatic rings. The van der Waals surface area contributed by atoms with Crippen LogP contribution in [0.15, 0.2) is 18.2 Å². The Morgan fingerprint density at radius 1 is 1.47 bits per heavy atom. The first-order valence-corrected chi connectivity index (χ1v) is 6.90. The van der Waals surface area contributed by atoms with Crippen LogP contribution in [0.5, 0.6) is 0 Å². The Morgan fingerprint density at radius 3 is 2.84 bits per heavy atom. The average Bonchev–Trinajstić information content (AvgIpc) is 3.09. The Balaban J connectivity index is 2.08. The van der Waals surface area contributed by atoms with Crippen LogP contribution in [0.4, 0.5) is 11.4 Å². The zero-order valence-electron chi connectivity index (χ0n) is 11.9. The lowest BCUT2D eigenvalue weighted by Crippen LogP contribution is -2.22. The van der Waals surface area contributed by atoms with Crippen LogP contribution in [-0.2, 0) is 0 Å². The van der Waals surface area contributed by atoms with Gasteiger partial charge in [-0.2, -0.15) is 0 Å². The molecule has 2 unspecified atom stereocenters. The van der Waals surface area contributed by atoms with E-state index in [2.05, 4.69) is 12.2 Å². The maximum Gasteiger partial charge on any atom is 0.253 e. The number of nitrogens with two attached hydrogens (primary N) is 1. The molecule has 2 rings (SSSR count). The van der Waals surface area contributed by atoms with Gasteiger partial charge < -0.3 is 16.0 Å². The molecule has 3 N–H and O–H groups in total. The van der Waals surface area contributed by atoms with Crippen molar-refractivity contribution in [2.45, 2.75) is 32.2 Å². The van der Waals surface area contributed by atoms with Gasteiger partial charge in [-0.15, -0.1) is 0 Å². The first-order chi connectivity index (χ1) is 9.02. The quantitative estimate of drug-likeness (QED) is 0.801. The van der Waals surface area contributed by atoms with Crippen molar-refractivity contribution in [3.8, 4) is 0 Å². The van der Waals surface area contributed by atoms with Gasteiger partial charge in [-0.25, -0.2) is 0 Å². The van der Waals surface area contributed by atoms with Gasteiger partial charge in [0.1, 0.15) is 0 Å². The molecular weight excluding hydrogens is 238 g/mol. The van der Waals surface area contributed by atoms with Gasteiger partial charge in [-0.05, 0) is 37.0 Å². The van der Waals surface area contributed by atoms with E-state index < -0.39 is 0 Å². The minimum Gasteiger partial charge on any atom is -0.397 e. The second-order valence-electron chi connectivity index (χ2n) is 5.54. The van der Waals surface area contributed by atoms with Crippen LogP contribution < -0.4 is 11.1 Å². The third-order valence-corrected chi connectivity index (χ3v) is 3.63. The van der Waals surface area contributed by atoms with E-state index in [4.69, 9.17) is 5.73 Å². The Bertz CT molecular complexity index is 470. The van der Waals surface area contributed by atoms with Gasteiger partial charge in [0.15, 0.2) is 0 Å². The third-order valence-electron chi connectivity index (χ3n) is 3.63. The van der Waals surface area contributed by atoms with Gasteiger partial charge in [-0.1, -0.05) is 13.3 Å². The van der Waals surface area contributed by atoms with Gasteiger partial charge in [0.2, 0.25) is 0 Å². The van der Waals surface area contributed by atoms with E-state index in [1.165, 1.54) is 19.3 Å². The van der Waals surface area contributed by atoms with Crippen molar-refractivity contribution in [2.24, 2.45) is 5.92 Å². The Morgan fingerprint density at radius 2 is 2.21 bits per heavy atom. The van der Waals surface area contributed by atoms with Gasteiger partial charge in [0.05, 0.1) is 11.4 Å². The highest BCUT2D eigenvalue weighted by Crippen LogP contribution is 2.38. The predicted molar refractivity (Wildman–Crippen MR) is 79.3 cm³/mol. The fraction of sp³-hybridized carbons (Fsp3) is 0.533. The fourth-order valence-corrected chi connectivity index (χ4v) is 2.39. The maximum atomic E-state index is 11.9. The standard InChI is InChI=1S/C15H23N3O/c1-4-5-10-8-13(10)17-14-9-11(6-7-12(14)16)15(19)18(2)3/h6-7,9-10,13,17H,4-5,8,16H2,1-3H3. The lowest BCUT2D eigenvalue weighted by Gasteiger charge is -2.14. The number of hydrogen-bond acceptors (Lipinski definition) is 3. The molecule has 0 radical (unpaired) electrons. The van der Waals surface area contributed by atoms with Crippen LogP contribution in [0.1, 0.15) is 36.5 Å². The molecule has 2 atom stereocenters. The molecule has 104 valence electrons. The zero-order chi connectivity index (χ0) is 14.0. The molecular formula is C15H23N3O. The van der Waals surface area contributed by atoms with E-state index in [1.54, 1.807) is 31.1 Å². The molecule has 1 amide bonds. The summed E-state index contributed by atoms with van der Waals surface area (Å²) in [6, 6.07) is 5.96. The summed E-state index contributed by atoms with van der Waals surface area (Å²) in [4.78, 5) is 13.5. The highest BCUT2D eigenvalue weighted by atomic mass is 16.2. The van der Waals surface area contributed by atoms with Crippen molar-refractivity contribution in [3.63, 3.8) is 0 Å². The fourth-order valence-electron chi connectivity index (χ4n) is 2.39. The molecule has 1 saturated carbocycles. The van der Waals surface area contributed by atoms with E-state index in [1.807, 2.05) is 6.07 Å². The van der Waals surface area contributed by atoms with Crippen LogP contribution >= 0.6 is 0 Å². The van der Waals surface area contributed by atoms with Crippen molar-refractivity contribution in [1.82, 2.24) is 4.90 Å². The monoisotopic (exact) mass is 261 g/mol. The average molecular weight is 261 g/mol. The van der Waals surface area contributed by atoms with E-state index in [0.717, 1.165) is 11.6 Å². The molecule has 19 heavy (non-hydrogen) atoms. The number of nitrogen functional groups attached to an aromatic ring is 1. The van der Waals surface area contributed by atoms with Crippen LogP contribution in [0, 0.1) is 5.92 Å². The third kappa shape index (κ3) is 3.19. The number of nitrogens with zero attached hydrogens (tertiary/aromatic N) is 1. The molecule has 0 aromatic heterocycles. The molecule has 0 bridgehead atoms. The molecule has 1 aliphatic rings. The van der Waals surface area contributed by atoms with Crippen molar-refractivity contribution in [3.05, 3.63) is 23.8 Å². The molecule has 0 spiro atoms. The van der Waals surface area contributed by atoms with E-state index in [9.17, 15) is 4.79 Å². The number of hydrogen-bond donors (Lipinski definition) is 2. The summed E-state index contributed by atoms with van der Waals surface area (Å²) < 4.78 is 0. The molecule has 1 fully saturated rings. The summed E-state index contributed by atoms with van der Waals surface area (Å²) in [7, 11) is 3.51. The van der Waals surface area contributed by atoms with Gasteiger partial charge in [-0.3, -0.25) is 4.79 Å². The Labute approximate surface area is 115 Å². The maximum absolute atomic E-state index is 11.9. The lowest BCUT2D eigenvalue weighted by atomic mass is 10.1. The van der Waals surface area contributed by atoms with Crippen LogP contribution in [0.2, 0.25) is 0 Å². The van der Waals surface area contributed by atoms with E-state index in [-0.39, 0.29) is 5.91 Å². The summed E-state index contributed by atoms with van der Waals surface area (Å²) in [6.07, 6.45) is 3.69. The second kappa shape index (κ2) is 5.51. The van der Waals surface area contributed by atoms with Gasteiger partial charge >= 0.3 is 0 Å². The normalized spacial score (nSPS) is 21.0. The summed E-state index contributed by atoms with van der Waals surface area (Å²) in [6.45, 7) is 2.21. The second-order valence-corrected chi connectivity index (χ2v) is 5.54. The first kappa shape index (κ1) is 13.7. The first-order valence-electron chi connectivity index (χ1n) is 6.90. The molecule has 4 nitrogen and oxygen atoms in total. The van der Waals surface area contributed by atoms with Crippen LogP contribution in [-0.4, -0.2) is 30.9 Å². The SMILES string of the molecule is CCCC1CC1Nc1cc(C(=O)N(C)C)ccc1N. The minimum absolute atomic E-state index is 0.00366. The molecule has 1 aliphatic carbocycles. The van der Waals surface area contributed by atoms with Gasteiger partial charge in [0, 0.05) is 25.7 Å². The summed E-state index contributed by atoms with van der Waals surface area (Å²) in [5.41, 5.74) is 8.24. The van der Waals surface area contributed by atoms with Crippen molar-refractivity contribution in [2.75, 3.05) is 25.1 Å². The van der Waals surface area contributed by atoms with E-state index >= 15 is 0 Å². The zero-order valence-corrected chi connectivity index (χ0v) is 11.9. The van der Waals surface area contributed by atoms with Crippen LogP contribution in [0.25, 0.3) is 0 Å². The molecule has 0 heterocycles. The number of amides is 1. The van der Waals surface area contributed by atoms with Crippen molar-refractivity contribution in [1.29, 1.82) is 0 Å². The number of nitrogens with one attached hydrogen (secondary N) is 1. The molecule has 4 heteroatoms. The number of rotatable bonds is 5. The van der Waals surface area contributed by atoms with Crippen molar-refractivity contribution < 1.29 is 4.79 Å². The topological polar surface area (TPSA) is 58.4 Å². The van der Waals surface area contributed by atoms with Crippen molar-refractivity contribution >= 4 is 17.3 Å². The molecule has 0 saturated heterocycles. The summed E-state index contributed by atoms with van der Waals surface area (Å²) >= 11 is 0. The largest absolute Gasteiger partial charge is 0.397 e. The molecule has 0 aliphatic heterocycles. The molecule has 1 aromatic carbocycles. The number of carbonyl (C=O) groups is 1. The Kier molecular flexibility index (Phi) is 3.98. The lowest BCUT2D eigenvalue weighted by molar-refractivity contribution is 0.0827. The highest BCUT2D eigenvalue weighted by Gasteiger charge is 2.36. The predicted octanol–water partition coefficient (Wildman–Crippen LogP) is 2.57. The highest BCUT2D eigenvalue weighted by molar-refractivity contribution is 5.95. The number of benzene rings is 1. The smallest absolute Gasteiger partial charge is 0.253 e. The van der Waals surface area contributed by atoms with Crippen LogP contribution in [0.3, 0.4) is 0 Å². The number of anilines is 2. The number of carbonyl (C=O) groups excluding carboxylic acids is 1. The van der Waals surface area contributed by atoms with E-state index in [0.29, 0.717) is 17.3 Å².